The first-order chi connectivity index (χ1) is 8.16. The molecule has 0 aromatic heterocycles. The fourth-order valence-electron chi connectivity index (χ4n) is 1.89. The van der Waals surface area contributed by atoms with Crippen molar-refractivity contribution in [2.75, 3.05) is 11.9 Å². The molecule has 0 spiro atoms. The second-order valence-electron chi connectivity index (χ2n) is 4.12. The molecule has 3 nitrogen and oxygen atoms in total. The number of benzene rings is 1. The van der Waals surface area contributed by atoms with Gasteiger partial charge in [-0.25, -0.2) is 0 Å². The van der Waals surface area contributed by atoms with Crippen molar-refractivity contribution >= 4 is 43.5 Å². The molecule has 1 atom stereocenters. The van der Waals surface area contributed by atoms with Gasteiger partial charge in [-0.2, -0.15) is 0 Å². The second-order valence-corrected chi connectivity index (χ2v) is 5.89. The number of piperidine rings is 1. The number of hydrogen-bond acceptors (Lipinski definition) is 2. The summed E-state index contributed by atoms with van der Waals surface area (Å²) >= 11 is 6.82. The van der Waals surface area contributed by atoms with Crippen molar-refractivity contribution in [3.05, 3.63) is 27.1 Å². The molecule has 5 heteroatoms. The number of rotatable bonds is 2. The molecule has 2 rings (SSSR count). The maximum absolute atomic E-state index is 12.0. The third-order valence-corrected chi connectivity index (χ3v) is 4.00. The lowest BCUT2D eigenvalue weighted by atomic mass is 10.0. The summed E-state index contributed by atoms with van der Waals surface area (Å²) in [5, 5.41) is 6.18. The number of carbonyl (C=O) groups excluding carboxylic acids is 1. The van der Waals surface area contributed by atoms with E-state index in [9.17, 15) is 4.79 Å². The molecule has 0 bridgehead atoms. The summed E-state index contributed by atoms with van der Waals surface area (Å²) in [4.78, 5) is 12.0. The van der Waals surface area contributed by atoms with Gasteiger partial charge in [-0.1, -0.05) is 22.4 Å². The van der Waals surface area contributed by atoms with Crippen LogP contribution in [0, 0.1) is 0 Å². The van der Waals surface area contributed by atoms with E-state index in [2.05, 4.69) is 42.5 Å². The lowest BCUT2D eigenvalue weighted by Gasteiger charge is -2.22. The Labute approximate surface area is 118 Å². The van der Waals surface area contributed by atoms with Crippen molar-refractivity contribution in [3.63, 3.8) is 0 Å². The van der Waals surface area contributed by atoms with Gasteiger partial charge < -0.3 is 10.6 Å². The van der Waals surface area contributed by atoms with Gasteiger partial charge in [0.25, 0.3) is 0 Å². The van der Waals surface area contributed by atoms with Crippen LogP contribution in [0.1, 0.15) is 19.3 Å². The average molecular weight is 362 g/mol. The zero-order valence-corrected chi connectivity index (χ0v) is 12.5. The molecular formula is C12H14Br2N2O. The Morgan fingerprint density at radius 3 is 2.88 bits per heavy atom. The molecule has 1 fully saturated rings. The highest BCUT2D eigenvalue weighted by atomic mass is 79.9. The van der Waals surface area contributed by atoms with E-state index in [-0.39, 0.29) is 11.9 Å². The van der Waals surface area contributed by atoms with Gasteiger partial charge in [-0.05, 0) is 53.5 Å². The van der Waals surface area contributed by atoms with Gasteiger partial charge in [0.15, 0.2) is 0 Å². The third-order valence-electron chi connectivity index (χ3n) is 2.81. The molecule has 1 aliphatic heterocycles. The summed E-state index contributed by atoms with van der Waals surface area (Å²) in [6, 6.07) is 5.67. The Hall–Kier alpha value is -0.390. The van der Waals surface area contributed by atoms with Crippen LogP contribution in [-0.4, -0.2) is 18.5 Å². The van der Waals surface area contributed by atoms with E-state index in [1.54, 1.807) is 0 Å². The van der Waals surface area contributed by atoms with Crippen molar-refractivity contribution < 1.29 is 4.79 Å². The van der Waals surface area contributed by atoms with Crippen LogP contribution < -0.4 is 10.6 Å². The second kappa shape index (κ2) is 5.98. The van der Waals surface area contributed by atoms with Crippen LogP contribution in [0.3, 0.4) is 0 Å². The van der Waals surface area contributed by atoms with Crippen LogP contribution in [0.2, 0.25) is 0 Å². The monoisotopic (exact) mass is 360 g/mol. The van der Waals surface area contributed by atoms with Crippen molar-refractivity contribution in [2.45, 2.75) is 25.3 Å². The SMILES string of the molecule is O=C(Nc1cc(Br)ccc1Br)[C@@H]1CCCCN1. The maximum atomic E-state index is 12.0. The molecule has 92 valence electrons. The number of hydrogen-bond donors (Lipinski definition) is 2. The molecular weight excluding hydrogens is 348 g/mol. The van der Waals surface area contributed by atoms with Gasteiger partial charge in [-0.3, -0.25) is 4.79 Å². The van der Waals surface area contributed by atoms with E-state index in [0.717, 1.165) is 40.4 Å². The highest BCUT2D eigenvalue weighted by molar-refractivity contribution is 9.11. The molecule has 0 aliphatic carbocycles. The molecule has 0 unspecified atom stereocenters. The molecule has 1 aromatic carbocycles. The van der Waals surface area contributed by atoms with Crippen LogP contribution in [0.4, 0.5) is 5.69 Å². The van der Waals surface area contributed by atoms with Crippen molar-refractivity contribution in [1.29, 1.82) is 0 Å². The summed E-state index contributed by atoms with van der Waals surface area (Å²) < 4.78 is 1.84. The van der Waals surface area contributed by atoms with Gasteiger partial charge in [0.1, 0.15) is 0 Å². The number of halogens is 2. The Balaban J connectivity index is 2.04. The molecule has 2 N–H and O–H groups in total. The first-order valence-corrected chi connectivity index (χ1v) is 7.25. The van der Waals surface area contributed by atoms with E-state index < -0.39 is 0 Å². The van der Waals surface area contributed by atoms with E-state index in [0.29, 0.717) is 0 Å². The molecule has 0 saturated carbocycles. The quantitative estimate of drug-likeness (QED) is 0.848. The first-order valence-electron chi connectivity index (χ1n) is 5.66. The summed E-state index contributed by atoms with van der Waals surface area (Å²) in [5.41, 5.74) is 0.803. The molecule has 1 saturated heterocycles. The van der Waals surface area contributed by atoms with Gasteiger partial charge >= 0.3 is 0 Å². The van der Waals surface area contributed by atoms with E-state index >= 15 is 0 Å². The fraction of sp³-hybridized carbons (Fsp3) is 0.417. The molecule has 1 heterocycles. The van der Waals surface area contributed by atoms with Crippen LogP contribution in [0.15, 0.2) is 27.1 Å². The zero-order chi connectivity index (χ0) is 12.3. The van der Waals surface area contributed by atoms with Gasteiger partial charge in [-0.15, -0.1) is 0 Å². The Kier molecular flexibility index (Phi) is 4.59. The lowest BCUT2D eigenvalue weighted by Crippen LogP contribution is -2.43. The fourth-order valence-corrected chi connectivity index (χ4v) is 2.60. The first kappa shape index (κ1) is 13.1. The molecule has 17 heavy (non-hydrogen) atoms. The van der Waals surface area contributed by atoms with Gasteiger partial charge in [0, 0.05) is 8.95 Å². The normalized spacial score (nSPS) is 20.0. The molecule has 0 radical (unpaired) electrons. The largest absolute Gasteiger partial charge is 0.324 e. The van der Waals surface area contributed by atoms with Crippen molar-refractivity contribution in [2.24, 2.45) is 0 Å². The smallest absolute Gasteiger partial charge is 0.241 e. The third kappa shape index (κ3) is 3.53. The van der Waals surface area contributed by atoms with Crippen LogP contribution in [0.5, 0.6) is 0 Å². The molecule has 1 aromatic rings. The van der Waals surface area contributed by atoms with E-state index in [1.807, 2.05) is 18.2 Å². The van der Waals surface area contributed by atoms with Crippen LogP contribution in [0.25, 0.3) is 0 Å². The van der Waals surface area contributed by atoms with Gasteiger partial charge in [0.05, 0.1) is 11.7 Å². The number of nitrogens with one attached hydrogen (secondary N) is 2. The minimum absolute atomic E-state index is 0.0449. The van der Waals surface area contributed by atoms with E-state index in [4.69, 9.17) is 0 Å². The average Bonchev–Trinajstić information content (AvgIpc) is 2.35. The van der Waals surface area contributed by atoms with Crippen LogP contribution >= 0.6 is 31.9 Å². The molecule has 1 aliphatic rings. The number of carbonyl (C=O) groups is 1. The Bertz CT molecular complexity index is 417. The number of anilines is 1. The molecule has 1 amide bonds. The van der Waals surface area contributed by atoms with Crippen molar-refractivity contribution in [3.8, 4) is 0 Å². The number of amides is 1. The van der Waals surface area contributed by atoms with E-state index in [1.165, 1.54) is 0 Å². The zero-order valence-electron chi connectivity index (χ0n) is 9.30. The minimum Gasteiger partial charge on any atom is -0.324 e. The summed E-state index contributed by atoms with van der Waals surface area (Å²) in [7, 11) is 0. The Morgan fingerprint density at radius 2 is 2.18 bits per heavy atom. The lowest BCUT2D eigenvalue weighted by molar-refractivity contribution is -0.118. The maximum Gasteiger partial charge on any atom is 0.241 e. The standard InChI is InChI=1S/C12H14Br2N2O/c13-8-4-5-9(14)11(7-8)16-12(17)10-3-1-2-6-15-10/h4-5,7,10,15H,1-3,6H2,(H,16,17)/t10-/m0/s1. The topological polar surface area (TPSA) is 41.1 Å². The predicted molar refractivity (Wildman–Crippen MR) is 76.1 cm³/mol. The summed E-state index contributed by atoms with van der Waals surface area (Å²) in [5.74, 6) is 0.0449. The highest BCUT2D eigenvalue weighted by Crippen LogP contribution is 2.26. The van der Waals surface area contributed by atoms with Crippen LogP contribution in [-0.2, 0) is 4.79 Å². The Morgan fingerprint density at radius 1 is 1.35 bits per heavy atom. The summed E-state index contributed by atoms with van der Waals surface area (Å²) in [6.45, 7) is 0.928. The van der Waals surface area contributed by atoms with Gasteiger partial charge in [0.2, 0.25) is 5.91 Å². The van der Waals surface area contributed by atoms with Crippen molar-refractivity contribution in [1.82, 2.24) is 5.32 Å². The predicted octanol–water partition coefficient (Wildman–Crippen LogP) is 3.29. The minimum atomic E-state index is -0.0605. The summed E-state index contributed by atoms with van der Waals surface area (Å²) in [6.07, 6.45) is 3.19. The highest BCUT2D eigenvalue weighted by Gasteiger charge is 2.20.